The number of nitro benzene ring substituents is 1. The Morgan fingerprint density at radius 3 is 2.40 bits per heavy atom. The number of carbonyl (C=O) groups is 2. The number of unbranched alkanes of at least 4 members (excludes halogenated alkanes) is 2. The number of aliphatic hydroxyl groups is 2. The molecule has 3 N–H and O–H groups in total. The van der Waals surface area contributed by atoms with Crippen molar-refractivity contribution in [3.63, 3.8) is 0 Å². The van der Waals surface area contributed by atoms with E-state index in [1.54, 1.807) is 41.3 Å². The van der Waals surface area contributed by atoms with Crippen LogP contribution >= 0.6 is 0 Å². The number of benzene rings is 5. The zero-order chi connectivity index (χ0) is 53.9. The highest BCUT2D eigenvalue weighted by atomic mass is 16.8. The van der Waals surface area contributed by atoms with Crippen molar-refractivity contribution < 1.29 is 62.7 Å². The number of ether oxygens (including phenoxy) is 7. The van der Waals surface area contributed by atoms with Gasteiger partial charge in [0.05, 0.1) is 56.2 Å². The van der Waals surface area contributed by atoms with Gasteiger partial charge in [0.25, 0.3) is 5.69 Å². The number of nitrogens with one attached hydrogen (secondary N) is 1. The lowest BCUT2D eigenvalue weighted by Crippen LogP contribution is -2.70. The number of carbonyl (C=O) groups excluding carboxylic acids is 2. The highest BCUT2D eigenvalue weighted by Crippen LogP contribution is 2.62. The molecule has 1 saturated heterocycles. The van der Waals surface area contributed by atoms with Crippen molar-refractivity contribution >= 4 is 40.0 Å². The molecular weight excluding hydrogens is 989 g/mol. The van der Waals surface area contributed by atoms with Crippen LogP contribution in [0.5, 0.6) is 28.7 Å². The third-order valence-corrected chi connectivity index (χ3v) is 15.0. The monoisotopic (exact) mass is 1050 g/mol. The van der Waals surface area contributed by atoms with Gasteiger partial charge in [0.2, 0.25) is 12.1 Å². The second-order valence-corrected chi connectivity index (χ2v) is 19.6. The summed E-state index contributed by atoms with van der Waals surface area (Å²) < 4.78 is 43.9. The van der Waals surface area contributed by atoms with Gasteiger partial charge in [0, 0.05) is 55.7 Å². The lowest BCUT2D eigenvalue weighted by Gasteiger charge is -2.59. The molecule has 5 aromatic rings. The van der Waals surface area contributed by atoms with Crippen molar-refractivity contribution in [2.24, 2.45) is 22.9 Å². The van der Waals surface area contributed by atoms with Gasteiger partial charge in [-0.25, -0.2) is 9.59 Å². The molecule has 0 spiro atoms. The van der Waals surface area contributed by atoms with Crippen LogP contribution in [-0.2, 0) is 20.9 Å². The second-order valence-electron chi connectivity index (χ2n) is 19.6. The molecule has 2 aliphatic carbocycles. The number of aliphatic hydroxyl groups excluding tert-OH is 2. The minimum atomic E-state index is -1.70. The fourth-order valence-corrected chi connectivity index (χ4v) is 11.5. The Bertz CT molecular complexity index is 2950. The summed E-state index contributed by atoms with van der Waals surface area (Å²) in [6.45, 7) is 4.58. The van der Waals surface area contributed by atoms with Gasteiger partial charge in [-0.1, -0.05) is 72.6 Å². The Morgan fingerprint density at radius 1 is 0.896 bits per heavy atom. The number of nitro groups is 1. The van der Waals surface area contributed by atoms with E-state index in [0.29, 0.717) is 80.2 Å². The molecule has 4 aliphatic rings. The summed E-state index contributed by atoms with van der Waals surface area (Å²) in [5, 5.41) is 41.6. The Balaban J connectivity index is 1.23. The van der Waals surface area contributed by atoms with Gasteiger partial charge in [0.1, 0.15) is 34.8 Å². The zero-order valence-corrected chi connectivity index (χ0v) is 43.4. The number of oxime groups is 1. The van der Waals surface area contributed by atoms with Crippen molar-refractivity contribution in [3.05, 3.63) is 149 Å². The molecule has 18 heteroatoms. The van der Waals surface area contributed by atoms with E-state index in [-0.39, 0.29) is 61.8 Å². The van der Waals surface area contributed by atoms with Gasteiger partial charge in [-0.3, -0.25) is 20.3 Å². The first kappa shape index (κ1) is 54.3. The molecule has 1 saturated carbocycles. The zero-order valence-electron chi connectivity index (χ0n) is 43.4. The first-order valence-electron chi connectivity index (χ1n) is 26.3. The third kappa shape index (κ3) is 12.1. The van der Waals surface area contributed by atoms with Gasteiger partial charge in [-0.05, 0) is 115 Å². The van der Waals surface area contributed by atoms with Gasteiger partial charge in [-0.2, -0.15) is 0 Å². The van der Waals surface area contributed by atoms with Crippen LogP contribution < -0.4 is 29.0 Å². The predicted octanol–water partition coefficient (Wildman–Crippen LogP) is 11.2. The molecule has 77 heavy (non-hydrogen) atoms. The van der Waals surface area contributed by atoms with Crippen LogP contribution in [0.25, 0.3) is 10.8 Å². The summed E-state index contributed by atoms with van der Waals surface area (Å²) in [6, 6.07) is 28.3. The average molecular weight is 1060 g/mol. The second kappa shape index (κ2) is 25.1. The first-order chi connectivity index (χ1) is 37.6. The summed E-state index contributed by atoms with van der Waals surface area (Å²) in [5.41, 5.74) is 3.03. The lowest BCUT2D eigenvalue weighted by molar-refractivity contribution is -0.384. The molecule has 406 valence electrons. The van der Waals surface area contributed by atoms with Crippen LogP contribution in [0.2, 0.25) is 0 Å². The SMILES string of the molecule is C=CCOC12Oc3ccc(OC(=O)Nc4ccc(OC)cc4OC)cc3C3C(CCCCO)C(CCCCO)C=C(C(=NOC4CCCCO4)CC1N(Cc1cccc4ccccc14)C(=O)Oc1ccc([N+](=O)[O-])cc1)C32. The van der Waals surface area contributed by atoms with Gasteiger partial charge < -0.3 is 48.2 Å². The molecule has 2 heterocycles. The quantitative estimate of drug-likeness (QED) is 0.0254. The van der Waals surface area contributed by atoms with Gasteiger partial charge in [0.15, 0.2) is 0 Å². The van der Waals surface area contributed by atoms with Crippen LogP contribution in [0.15, 0.2) is 133 Å². The molecular formula is C59H66N4O14. The number of allylic oxidation sites excluding steroid dienone is 1. The van der Waals surface area contributed by atoms with E-state index >= 15 is 4.79 Å². The number of hydrogen-bond acceptors (Lipinski definition) is 15. The summed E-state index contributed by atoms with van der Waals surface area (Å²) in [4.78, 5) is 48.4. The minimum absolute atomic E-state index is 0.00526. The van der Waals surface area contributed by atoms with Crippen molar-refractivity contribution in [1.29, 1.82) is 0 Å². The molecule has 7 unspecified atom stereocenters. The molecule has 0 bridgehead atoms. The molecule has 7 atom stereocenters. The van der Waals surface area contributed by atoms with E-state index in [0.717, 1.165) is 40.3 Å². The van der Waals surface area contributed by atoms with Crippen molar-refractivity contribution in [1.82, 2.24) is 4.90 Å². The van der Waals surface area contributed by atoms with Crippen LogP contribution in [-0.4, -0.2) is 96.7 Å². The fraction of sp³-hybridized carbons (Fsp3) is 0.407. The largest absolute Gasteiger partial charge is 0.497 e. The van der Waals surface area contributed by atoms with E-state index in [1.807, 2.05) is 48.5 Å². The number of hydrogen-bond donors (Lipinski definition) is 3. The number of anilines is 1. The summed E-state index contributed by atoms with van der Waals surface area (Å²) in [7, 11) is 3.02. The van der Waals surface area contributed by atoms with E-state index < -0.39 is 47.1 Å². The topological polar surface area (TPSA) is 219 Å². The maximum atomic E-state index is 15.5. The van der Waals surface area contributed by atoms with Crippen molar-refractivity contribution in [3.8, 4) is 28.7 Å². The molecule has 0 radical (unpaired) electrons. The molecule has 2 fully saturated rings. The van der Waals surface area contributed by atoms with Crippen molar-refractivity contribution in [2.75, 3.05) is 46.0 Å². The van der Waals surface area contributed by atoms with Crippen LogP contribution in [0.4, 0.5) is 21.0 Å². The Morgan fingerprint density at radius 2 is 1.66 bits per heavy atom. The minimum Gasteiger partial charge on any atom is -0.497 e. The smallest absolute Gasteiger partial charge is 0.417 e. The molecule has 2 aliphatic heterocycles. The molecule has 0 aromatic heterocycles. The van der Waals surface area contributed by atoms with Crippen molar-refractivity contribution in [2.45, 2.75) is 94.8 Å². The Labute approximate surface area is 447 Å². The van der Waals surface area contributed by atoms with E-state index in [2.05, 4.69) is 18.0 Å². The molecule has 5 aromatic carbocycles. The average Bonchev–Trinajstić information content (AvgIpc) is 3.55. The maximum Gasteiger partial charge on any atom is 0.417 e. The highest BCUT2D eigenvalue weighted by Gasteiger charge is 2.66. The number of rotatable bonds is 22. The number of methoxy groups -OCH3 is 2. The summed E-state index contributed by atoms with van der Waals surface area (Å²) in [5.74, 6) is -1.52. The Hall–Kier alpha value is -7.51. The third-order valence-electron chi connectivity index (χ3n) is 15.0. The lowest BCUT2D eigenvalue weighted by atomic mass is 9.55. The van der Waals surface area contributed by atoms with Crippen LogP contribution in [0, 0.1) is 27.9 Å². The highest BCUT2D eigenvalue weighted by molar-refractivity contribution is 6.03. The first-order valence-corrected chi connectivity index (χ1v) is 26.3. The molecule has 18 nitrogen and oxygen atoms in total. The fourth-order valence-electron chi connectivity index (χ4n) is 11.5. The predicted molar refractivity (Wildman–Crippen MR) is 287 cm³/mol. The maximum absolute atomic E-state index is 15.5. The van der Waals surface area contributed by atoms with Gasteiger partial charge in [-0.15, -0.1) is 6.58 Å². The van der Waals surface area contributed by atoms with E-state index in [9.17, 15) is 25.1 Å². The number of nitrogens with zero attached hydrogens (tertiary/aromatic N) is 3. The Kier molecular flexibility index (Phi) is 17.7. The number of non-ortho nitro benzene ring substituents is 1. The standard InChI is InChI=1S/C59H66N4O14/c1-4-31-73-59-53(62(37-40-17-13-16-38-14-5-6-18-45(38)40)58(67)75-42-23-21-41(22-24-42)63(68)69)36-50(61-77-54-20-9-12-32-72-54)47-33-39(15-7-10-29-64)46(19-8-11-30-65)55(56(47)59)48-34-44(26-28-51(48)76-59)74-57(66)60-49-27-25-43(70-2)35-52(49)71-3/h4-6,13-14,16-18,21-28,33-35,39,46,53-56,64-65H,1,7-12,15,19-20,29-32,36-37H2,2-3H3,(H,60,66). The number of amides is 2. The van der Waals surface area contributed by atoms with E-state index in [4.69, 9.17) is 43.2 Å². The molecule has 9 rings (SSSR count). The summed E-state index contributed by atoms with van der Waals surface area (Å²) >= 11 is 0. The van der Waals surface area contributed by atoms with E-state index in [1.165, 1.54) is 38.5 Å². The molecule has 2 amide bonds. The van der Waals surface area contributed by atoms with Crippen LogP contribution in [0.1, 0.15) is 81.3 Å². The summed E-state index contributed by atoms with van der Waals surface area (Å²) in [6.07, 6.45) is 8.02. The normalized spacial score (nSPS) is 22.8. The van der Waals surface area contributed by atoms with Gasteiger partial charge >= 0.3 is 12.2 Å². The van der Waals surface area contributed by atoms with Crippen LogP contribution in [0.3, 0.4) is 0 Å². The number of fused-ring (bicyclic) bond motifs is 3.